The Labute approximate surface area is 249 Å². The van der Waals surface area contributed by atoms with E-state index in [9.17, 15) is 9.65 Å². The van der Waals surface area contributed by atoms with Crippen LogP contribution in [0, 0.1) is 29.6 Å². The smallest absolute Gasteiger partial charge is 0.250 e. The number of halogens is 1. The standard InChI is InChI=1S/C32H31FN8O2/c1-32(35-2)9-21(10-32)19-43-26-8-27(30-23(11-34)14-38-41(30)18-26)22-4-5-29(36-13-22)39-16-24-7-25(17-39)40(24)15-20-6-28(33)31(42-3)37-12-20/h4-6,8,12-14,18,21,24-25H,7,9-10,15-17,19H2,1,3H3. The molecule has 1 saturated carbocycles. The molecule has 2 atom stereocenters. The Balaban J connectivity index is 1.06. The first-order valence-electron chi connectivity index (χ1n) is 14.4. The third-order valence-electron chi connectivity index (χ3n) is 9.07. The first-order chi connectivity index (χ1) is 20.9. The van der Waals surface area contributed by atoms with Gasteiger partial charge in [0.25, 0.3) is 0 Å². The van der Waals surface area contributed by atoms with Crippen LogP contribution in [0.2, 0.25) is 0 Å². The fourth-order valence-electron chi connectivity index (χ4n) is 6.86. The molecule has 1 aliphatic carbocycles. The Morgan fingerprint density at radius 2 is 1.98 bits per heavy atom. The Morgan fingerprint density at radius 3 is 2.65 bits per heavy atom. The third kappa shape index (κ3) is 4.90. The number of ether oxygens (including phenoxy) is 2. The number of hydrogen-bond donors (Lipinski definition) is 0. The van der Waals surface area contributed by atoms with Gasteiger partial charge in [0.05, 0.1) is 37.2 Å². The lowest BCUT2D eigenvalue weighted by Gasteiger charge is -2.56. The molecule has 0 aromatic carbocycles. The molecule has 7 heterocycles. The predicted molar refractivity (Wildman–Crippen MR) is 157 cm³/mol. The van der Waals surface area contributed by atoms with Crippen LogP contribution >= 0.6 is 0 Å². The normalized spacial score (nSPS) is 24.5. The molecular formula is C32H31FN8O2. The summed E-state index contributed by atoms with van der Waals surface area (Å²) in [5.41, 5.74) is 3.48. The fourth-order valence-corrected chi connectivity index (χ4v) is 6.86. The number of aromatic nitrogens is 4. The lowest BCUT2D eigenvalue weighted by Crippen LogP contribution is -2.68. The number of nitrogens with zero attached hydrogens (tertiary/aromatic N) is 8. The molecule has 4 aromatic heterocycles. The molecule has 2 bridgehead atoms. The number of piperazine rings is 1. The number of piperidine rings is 1. The number of hydrogen-bond acceptors (Lipinski definition) is 8. The van der Waals surface area contributed by atoms with Crippen molar-refractivity contribution in [2.24, 2.45) is 5.92 Å². The molecule has 0 N–H and O–H groups in total. The molecule has 218 valence electrons. The highest BCUT2D eigenvalue weighted by Gasteiger charge is 2.47. The van der Waals surface area contributed by atoms with Gasteiger partial charge in [-0.25, -0.2) is 25.4 Å². The molecule has 4 aromatic rings. The number of nitriles is 1. The SMILES string of the molecule is [C-]#[N+]C1(C)CC(COc2cc(-c3ccc(N4CC5CC(C4)N5Cc4cnc(OC)c(F)c4)nc3)c3c(C#N)cnn3c2)C1. The maximum absolute atomic E-state index is 14.2. The molecule has 11 heteroatoms. The van der Waals surface area contributed by atoms with Gasteiger partial charge in [0.1, 0.15) is 17.6 Å². The molecule has 0 radical (unpaired) electrons. The molecular weight excluding hydrogens is 547 g/mol. The van der Waals surface area contributed by atoms with Gasteiger partial charge in [0.15, 0.2) is 5.82 Å². The van der Waals surface area contributed by atoms with Crippen LogP contribution in [0.5, 0.6) is 11.6 Å². The van der Waals surface area contributed by atoms with E-state index >= 15 is 0 Å². The van der Waals surface area contributed by atoms with E-state index in [-0.39, 0.29) is 11.4 Å². The van der Waals surface area contributed by atoms with Crippen molar-refractivity contribution in [3.8, 4) is 28.8 Å². The summed E-state index contributed by atoms with van der Waals surface area (Å²) < 4.78 is 26.9. The van der Waals surface area contributed by atoms with Crippen molar-refractivity contribution in [2.45, 2.75) is 50.4 Å². The van der Waals surface area contributed by atoms with Crippen molar-refractivity contribution in [3.05, 3.63) is 77.4 Å². The molecule has 3 aliphatic heterocycles. The maximum Gasteiger partial charge on any atom is 0.250 e. The van der Waals surface area contributed by atoms with Crippen LogP contribution in [0.25, 0.3) is 21.5 Å². The first kappa shape index (κ1) is 27.1. The van der Waals surface area contributed by atoms with E-state index in [0.29, 0.717) is 48.0 Å². The zero-order valence-corrected chi connectivity index (χ0v) is 24.1. The third-order valence-corrected chi connectivity index (χ3v) is 9.07. The average molecular weight is 579 g/mol. The summed E-state index contributed by atoms with van der Waals surface area (Å²) in [4.78, 5) is 17.3. The molecule has 3 saturated heterocycles. The van der Waals surface area contributed by atoms with Gasteiger partial charge < -0.3 is 19.2 Å². The minimum atomic E-state index is -0.439. The van der Waals surface area contributed by atoms with Crippen molar-refractivity contribution in [1.82, 2.24) is 24.5 Å². The minimum Gasteiger partial charge on any atom is -0.492 e. The van der Waals surface area contributed by atoms with Crippen molar-refractivity contribution in [2.75, 3.05) is 31.7 Å². The Kier molecular flexibility index (Phi) is 6.63. The number of pyridine rings is 3. The van der Waals surface area contributed by atoms with Crippen LogP contribution in [0.3, 0.4) is 0 Å². The van der Waals surface area contributed by atoms with E-state index in [0.717, 1.165) is 54.9 Å². The predicted octanol–water partition coefficient (Wildman–Crippen LogP) is 4.74. The Morgan fingerprint density at radius 1 is 1.16 bits per heavy atom. The van der Waals surface area contributed by atoms with Crippen LogP contribution in [0.1, 0.15) is 37.3 Å². The summed E-state index contributed by atoms with van der Waals surface area (Å²) in [6.07, 6.45) is 9.69. The van der Waals surface area contributed by atoms with Crippen LogP contribution in [-0.2, 0) is 6.54 Å². The number of fused-ring (bicyclic) bond motifs is 3. The van der Waals surface area contributed by atoms with Gasteiger partial charge in [0, 0.05) is 80.9 Å². The zero-order chi connectivity index (χ0) is 29.7. The summed E-state index contributed by atoms with van der Waals surface area (Å²) in [6.45, 7) is 12.2. The quantitative estimate of drug-likeness (QED) is 0.277. The molecule has 4 fully saturated rings. The van der Waals surface area contributed by atoms with Gasteiger partial charge in [-0.1, -0.05) is 0 Å². The lowest BCUT2D eigenvalue weighted by atomic mass is 9.70. The second-order valence-electron chi connectivity index (χ2n) is 12.1. The minimum absolute atomic E-state index is 0.0177. The van der Waals surface area contributed by atoms with E-state index < -0.39 is 5.82 Å². The summed E-state index contributed by atoms with van der Waals surface area (Å²) >= 11 is 0. The second-order valence-corrected chi connectivity index (χ2v) is 12.1. The van der Waals surface area contributed by atoms with Gasteiger partial charge in [-0.2, -0.15) is 10.4 Å². The van der Waals surface area contributed by atoms with E-state index in [1.165, 1.54) is 13.2 Å². The van der Waals surface area contributed by atoms with Crippen molar-refractivity contribution in [1.29, 1.82) is 5.26 Å². The molecule has 2 unspecified atom stereocenters. The highest BCUT2D eigenvalue weighted by Crippen LogP contribution is 2.41. The van der Waals surface area contributed by atoms with Gasteiger partial charge in [-0.15, -0.1) is 0 Å². The molecule has 8 rings (SSSR count). The highest BCUT2D eigenvalue weighted by atomic mass is 19.1. The number of rotatable bonds is 8. The molecule has 10 nitrogen and oxygen atoms in total. The van der Waals surface area contributed by atoms with Gasteiger partial charge in [-0.05, 0) is 36.2 Å². The number of anilines is 1. The first-order valence-corrected chi connectivity index (χ1v) is 14.4. The monoisotopic (exact) mass is 578 g/mol. The molecule has 0 spiro atoms. The fraction of sp³-hybridized carbons (Fsp3) is 0.406. The summed E-state index contributed by atoms with van der Waals surface area (Å²) in [5, 5.41) is 14.1. The van der Waals surface area contributed by atoms with Crippen LogP contribution < -0.4 is 14.4 Å². The highest BCUT2D eigenvalue weighted by molar-refractivity contribution is 5.85. The van der Waals surface area contributed by atoms with Gasteiger partial charge in [0.2, 0.25) is 11.4 Å². The average Bonchev–Trinajstić information content (AvgIpc) is 3.44. The lowest BCUT2D eigenvalue weighted by molar-refractivity contribution is -0.00884. The van der Waals surface area contributed by atoms with Crippen LogP contribution in [0.4, 0.5) is 10.2 Å². The summed E-state index contributed by atoms with van der Waals surface area (Å²) in [6, 6.07) is 10.5. The maximum atomic E-state index is 14.2. The van der Waals surface area contributed by atoms with Crippen molar-refractivity contribution >= 4 is 11.3 Å². The number of methoxy groups -OCH3 is 1. The molecule has 4 aliphatic rings. The van der Waals surface area contributed by atoms with Crippen LogP contribution in [0.15, 0.2) is 49.1 Å². The Hall–Kier alpha value is -4.74. The Bertz CT molecular complexity index is 1760. The topological polar surface area (TPSA) is 96.2 Å². The van der Waals surface area contributed by atoms with Crippen molar-refractivity contribution < 1.29 is 13.9 Å². The van der Waals surface area contributed by atoms with E-state index in [1.54, 1.807) is 23.1 Å². The second kappa shape index (κ2) is 10.5. The molecule has 43 heavy (non-hydrogen) atoms. The van der Waals surface area contributed by atoms with Crippen LogP contribution in [-0.4, -0.2) is 68.9 Å². The van der Waals surface area contributed by atoms with E-state index in [2.05, 4.69) is 30.8 Å². The van der Waals surface area contributed by atoms with Gasteiger partial charge in [-0.3, -0.25) is 4.90 Å². The largest absolute Gasteiger partial charge is 0.492 e. The van der Waals surface area contributed by atoms with Crippen molar-refractivity contribution in [3.63, 3.8) is 0 Å². The van der Waals surface area contributed by atoms with E-state index in [1.807, 2.05) is 31.3 Å². The van der Waals surface area contributed by atoms with E-state index in [4.69, 9.17) is 21.0 Å². The van der Waals surface area contributed by atoms with Gasteiger partial charge >= 0.3 is 0 Å². The zero-order valence-electron chi connectivity index (χ0n) is 24.1. The summed E-state index contributed by atoms with van der Waals surface area (Å²) in [5.74, 6) is 1.50. The summed E-state index contributed by atoms with van der Waals surface area (Å²) in [7, 11) is 1.42. The molecule has 0 amide bonds.